The van der Waals surface area contributed by atoms with Crippen LogP contribution in [0.5, 0.6) is 11.5 Å². The fraction of sp³-hybridized carbons (Fsp3) is 0.353. The zero-order chi connectivity index (χ0) is 15.2. The van der Waals surface area contributed by atoms with E-state index < -0.39 is 0 Å². The average Bonchev–Trinajstić information content (AvgIpc) is 2.50. The summed E-state index contributed by atoms with van der Waals surface area (Å²) in [6, 6.07) is 11.9. The first-order valence-corrected chi connectivity index (χ1v) is 7.06. The van der Waals surface area contributed by atoms with Gasteiger partial charge in [0.15, 0.2) is 11.5 Å². The number of aromatic hydroxyl groups is 1. The molecule has 1 heterocycles. The van der Waals surface area contributed by atoms with Crippen molar-refractivity contribution in [2.75, 3.05) is 14.2 Å². The van der Waals surface area contributed by atoms with Crippen LogP contribution >= 0.6 is 0 Å². The van der Waals surface area contributed by atoms with E-state index >= 15 is 0 Å². The summed E-state index contributed by atoms with van der Waals surface area (Å²) in [4.78, 5) is 6.55. The molecule has 4 heteroatoms. The minimum atomic E-state index is 0.219. The van der Waals surface area contributed by atoms with Crippen molar-refractivity contribution in [3.05, 3.63) is 53.9 Å². The van der Waals surface area contributed by atoms with Gasteiger partial charge in [-0.1, -0.05) is 18.2 Å². The van der Waals surface area contributed by atoms with Crippen molar-refractivity contribution in [1.82, 2.24) is 9.88 Å². The number of phenolic OH excluding ortho intramolecular Hbond substituents is 1. The van der Waals surface area contributed by atoms with Crippen molar-refractivity contribution < 1.29 is 9.84 Å². The number of hydrogen-bond donors (Lipinski definition) is 1. The van der Waals surface area contributed by atoms with E-state index in [-0.39, 0.29) is 5.75 Å². The highest BCUT2D eigenvalue weighted by molar-refractivity contribution is 5.45. The van der Waals surface area contributed by atoms with Crippen molar-refractivity contribution in [3.63, 3.8) is 0 Å². The molecule has 1 aromatic heterocycles. The Morgan fingerprint density at radius 3 is 2.71 bits per heavy atom. The third kappa shape index (κ3) is 3.95. The molecule has 0 aliphatic heterocycles. The van der Waals surface area contributed by atoms with Crippen LogP contribution in [0.25, 0.3) is 0 Å². The predicted molar refractivity (Wildman–Crippen MR) is 83.5 cm³/mol. The molecule has 0 bridgehead atoms. The second-order valence-electron chi connectivity index (χ2n) is 5.26. The highest BCUT2D eigenvalue weighted by Gasteiger charge is 2.14. The molecule has 4 nitrogen and oxygen atoms in total. The molecule has 2 aromatic rings. The lowest BCUT2D eigenvalue weighted by atomic mass is 10.1. The molecule has 112 valence electrons. The Balaban J connectivity index is 2.02. The number of nitrogens with zero attached hydrogens (tertiary/aromatic N) is 2. The first-order chi connectivity index (χ1) is 10.1. The number of pyridine rings is 1. The second-order valence-corrected chi connectivity index (χ2v) is 5.26. The van der Waals surface area contributed by atoms with Gasteiger partial charge in [0.2, 0.25) is 0 Å². The molecule has 0 saturated heterocycles. The summed E-state index contributed by atoms with van der Waals surface area (Å²) in [5, 5.41) is 10.1. The summed E-state index contributed by atoms with van der Waals surface area (Å²) in [5.74, 6) is 0.732. The standard InChI is InChI=1S/C17H22N2O2/c1-13(11-15-8-4-5-10-18-15)19(2)12-14-7-6-9-16(21-3)17(14)20/h4-10,13,20H,11-12H2,1-3H3/t13-/m1/s1. The third-order valence-electron chi connectivity index (χ3n) is 3.71. The van der Waals surface area contributed by atoms with Crippen LogP contribution in [0.15, 0.2) is 42.6 Å². The van der Waals surface area contributed by atoms with Crippen LogP contribution in [0, 0.1) is 0 Å². The Morgan fingerprint density at radius 1 is 1.24 bits per heavy atom. The van der Waals surface area contributed by atoms with E-state index in [9.17, 15) is 5.11 Å². The molecule has 0 amide bonds. The van der Waals surface area contributed by atoms with Crippen LogP contribution in [0.1, 0.15) is 18.2 Å². The van der Waals surface area contributed by atoms with E-state index in [0.717, 1.165) is 17.7 Å². The molecule has 0 unspecified atom stereocenters. The molecule has 0 aliphatic rings. The molecular formula is C17H22N2O2. The van der Waals surface area contributed by atoms with E-state index in [0.29, 0.717) is 18.3 Å². The van der Waals surface area contributed by atoms with Gasteiger partial charge in [-0.3, -0.25) is 9.88 Å². The number of benzene rings is 1. The number of methoxy groups -OCH3 is 1. The number of hydrogen-bond acceptors (Lipinski definition) is 4. The minimum Gasteiger partial charge on any atom is -0.504 e. The second kappa shape index (κ2) is 7.09. The lowest BCUT2D eigenvalue weighted by Gasteiger charge is -2.25. The number of phenols is 1. The maximum Gasteiger partial charge on any atom is 0.162 e. The Hall–Kier alpha value is -2.07. The number of aromatic nitrogens is 1. The van der Waals surface area contributed by atoms with Crippen LogP contribution in [0.2, 0.25) is 0 Å². The van der Waals surface area contributed by atoms with Gasteiger partial charge in [-0.25, -0.2) is 0 Å². The molecule has 1 atom stereocenters. The zero-order valence-electron chi connectivity index (χ0n) is 12.8. The van der Waals surface area contributed by atoms with Gasteiger partial charge in [-0.15, -0.1) is 0 Å². The first-order valence-electron chi connectivity index (χ1n) is 7.06. The van der Waals surface area contributed by atoms with Crippen LogP contribution in [0.4, 0.5) is 0 Å². The van der Waals surface area contributed by atoms with E-state index in [1.165, 1.54) is 0 Å². The van der Waals surface area contributed by atoms with Crippen molar-refractivity contribution in [2.45, 2.75) is 25.9 Å². The highest BCUT2D eigenvalue weighted by atomic mass is 16.5. The van der Waals surface area contributed by atoms with Gasteiger partial charge in [0.1, 0.15) is 0 Å². The van der Waals surface area contributed by atoms with Crippen LogP contribution in [0.3, 0.4) is 0 Å². The van der Waals surface area contributed by atoms with Crippen molar-refractivity contribution in [3.8, 4) is 11.5 Å². The van der Waals surface area contributed by atoms with Crippen molar-refractivity contribution in [2.24, 2.45) is 0 Å². The maximum absolute atomic E-state index is 10.1. The molecule has 0 aliphatic carbocycles. The van der Waals surface area contributed by atoms with E-state index in [1.807, 2.05) is 43.6 Å². The molecule has 0 fully saturated rings. The van der Waals surface area contributed by atoms with Crippen molar-refractivity contribution >= 4 is 0 Å². The summed E-state index contributed by atoms with van der Waals surface area (Å²) in [6.45, 7) is 2.82. The van der Waals surface area contributed by atoms with Gasteiger partial charge >= 0.3 is 0 Å². The van der Waals surface area contributed by atoms with Crippen LogP contribution in [-0.2, 0) is 13.0 Å². The lowest BCUT2D eigenvalue weighted by Crippen LogP contribution is -2.30. The summed E-state index contributed by atoms with van der Waals surface area (Å²) in [5.41, 5.74) is 1.94. The van der Waals surface area contributed by atoms with Crippen molar-refractivity contribution in [1.29, 1.82) is 0 Å². The lowest BCUT2D eigenvalue weighted by molar-refractivity contribution is 0.242. The average molecular weight is 286 g/mol. The Kier molecular flexibility index (Phi) is 5.17. The number of likely N-dealkylation sites (N-methyl/N-ethyl adjacent to an activating group) is 1. The van der Waals surface area contributed by atoms with Gasteiger partial charge in [-0.2, -0.15) is 0 Å². The van der Waals surface area contributed by atoms with E-state index in [1.54, 1.807) is 13.2 Å². The van der Waals surface area contributed by atoms with Gasteiger partial charge in [0.05, 0.1) is 7.11 Å². The fourth-order valence-corrected chi connectivity index (χ4v) is 2.26. The summed E-state index contributed by atoms with van der Waals surface area (Å²) in [7, 11) is 3.61. The Bertz CT molecular complexity index is 572. The number of para-hydroxylation sites is 1. The molecule has 0 spiro atoms. The maximum atomic E-state index is 10.1. The Labute approximate surface area is 126 Å². The van der Waals surface area contributed by atoms with E-state index in [2.05, 4.69) is 16.8 Å². The molecule has 1 aromatic carbocycles. The largest absolute Gasteiger partial charge is 0.504 e. The first kappa shape index (κ1) is 15.3. The smallest absolute Gasteiger partial charge is 0.162 e. The summed E-state index contributed by atoms with van der Waals surface area (Å²) < 4.78 is 5.14. The Morgan fingerprint density at radius 2 is 2.05 bits per heavy atom. The fourth-order valence-electron chi connectivity index (χ4n) is 2.26. The predicted octanol–water partition coefficient (Wildman–Crippen LogP) is 2.86. The van der Waals surface area contributed by atoms with Gasteiger partial charge in [0, 0.05) is 36.5 Å². The zero-order valence-corrected chi connectivity index (χ0v) is 12.8. The normalized spacial score (nSPS) is 12.4. The summed E-state index contributed by atoms with van der Waals surface area (Å²) in [6.07, 6.45) is 2.69. The topological polar surface area (TPSA) is 45.6 Å². The van der Waals surface area contributed by atoms with Gasteiger partial charge in [0.25, 0.3) is 0 Å². The molecule has 1 N–H and O–H groups in total. The molecule has 2 rings (SSSR count). The molecule has 0 saturated carbocycles. The van der Waals surface area contributed by atoms with Gasteiger partial charge < -0.3 is 9.84 Å². The molecule has 21 heavy (non-hydrogen) atoms. The van der Waals surface area contributed by atoms with Gasteiger partial charge in [-0.05, 0) is 32.2 Å². The number of ether oxygens (including phenoxy) is 1. The van der Waals surface area contributed by atoms with Crippen LogP contribution < -0.4 is 4.74 Å². The number of rotatable bonds is 6. The third-order valence-corrected chi connectivity index (χ3v) is 3.71. The SMILES string of the molecule is COc1cccc(CN(C)[C@H](C)Cc2ccccn2)c1O. The monoisotopic (exact) mass is 286 g/mol. The summed E-state index contributed by atoms with van der Waals surface area (Å²) >= 11 is 0. The van der Waals surface area contributed by atoms with Crippen LogP contribution in [-0.4, -0.2) is 35.2 Å². The highest BCUT2D eigenvalue weighted by Crippen LogP contribution is 2.30. The minimum absolute atomic E-state index is 0.219. The molecule has 0 radical (unpaired) electrons. The van der Waals surface area contributed by atoms with E-state index in [4.69, 9.17) is 4.74 Å². The molecular weight excluding hydrogens is 264 g/mol. The quantitative estimate of drug-likeness (QED) is 0.887.